The molecule has 0 spiro atoms. The molecule has 1 atom stereocenters. The number of esters is 1. The molecule has 0 heterocycles. The summed E-state index contributed by atoms with van der Waals surface area (Å²) in [6.45, 7) is 0.220. The van der Waals surface area contributed by atoms with Crippen molar-refractivity contribution in [1.29, 1.82) is 0 Å². The highest BCUT2D eigenvalue weighted by Gasteiger charge is 2.33. The van der Waals surface area contributed by atoms with Crippen LogP contribution >= 0.6 is 0 Å². The number of amides is 1. The molecule has 2 aliphatic rings. The monoisotopic (exact) mass is 273 g/mol. The predicted octanol–water partition coefficient (Wildman–Crippen LogP) is 2.21. The number of carbonyl (C=O) groups excluding carboxylic acids is 2. The fourth-order valence-electron chi connectivity index (χ4n) is 2.14. The maximum absolute atomic E-state index is 11.9. The van der Waals surface area contributed by atoms with Crippen LogP contribution in [0.25, 0.3) is 0 Å². The molecule has 1 aromatic carbocycles. The van der Waals surface area contributed by atoms with E-state index in [1.54, 1.807) is 0 Å². The van der Waals surface area contributed by atoms with E-state index in [0.29, 0.717) is 0 Å². The van der Waals surface area contributed by atoms with E-state index >= 15 is 0 Å². The first kappa shape index (κ1) is 13.2. The zero-order valence-electron chi connectivity index (χ0n) is 11.4. The van der Waals surface area contributed by atoms with Gasteiger partial charge in [-0.3, -0.25) is 9.59 Å². The Bertz CT molecular complexity index is 492. The molecule has 2 aliphatic carbocycles. The summed E-state index contributed by atoms with van der Waals surface area (Å²) in [7, 11) is 0. The van der Waals surface area contributed by atoms with Gasteiger partial charge < -0.3 is 10.1 Å². The Kier molecular flexibility index (Phi) is 3.72. The maximum Gasteiger partial charge on any atom is 0.309 e. The fraction of sp³-hybridized carbons (Fsp3) is 0.500. The Hall–Kier alpha value is -1.84. The highest BCUT2D eigenvalue weighted by atomic mass is 16.5. The third-order valence-electron chi connectivity index (χ3n) is 3.77. The van der Waals surface area contributed by atoms with Gasteiger partial charge >= 0.3 is 5.97 Å². The van der Waals surface area contributed by atoms with E-state index in [-0.39, 0.29) is 36.4 Å². The van der Waals surface area contributed by atoms with Gasteiger partial charge in [0.15, 0.2) is 0 Å². The Morgan fingerprint density at radius 1 is 1.10 bits per heavy atom. The largest absolute Gasteiger partial charge is 0.463 e. The van der Waals surface area contributed by atoms with Gasteiger partial charge in [-0.25, -0.2) is 0 Å². The van der Waals surface area contributed by atoms with Gasteiger partial charge in [-0.2, -0.15) is 0 Å². The van der Waals surface area contributed by atoms with E-state index < -0.39 is 0 Å². The van der Waals surface area contributed by atoms with Gasteiger partial charge in [-0.05, 0) is 31.2 Å². The van der Waals surface area contributed by atoms with E-state index in [4.69, 9.17) is 4.74 Å². The van der Waals surface area contributed by atoms with Crippen LogP contribution in [-0.4, -0.2) is 18.5 Å². The molecular weight excluding hydrogens is 254 g/mol. The average molecular weight is 273 g/mol. The van der Waals surface area contributed by atoms with Gasteiger partial charge in [-0.15, -0.1) is 0 Å². The van der Waals surface area contributed by atoms with Crippen LogP contribution in [0, 0.1) is 11.8 Å². The third kappa shape index (κ3) is 3.38. The van der Waals surface area contributed by atoms with Gasteiger partial charge in [0.2, 0.25) is 5.91 Å². The molecule has 20 heavy (non-hydrogen) atoms. The molecule has 4 heteroatoms. The number of hydrogen-bond acceptors (Lipinski definition) is 3. The van der Waals surface area contributed by atoms with Gasteiger partial charge in [0.1, 0.15) is 6.61 Å². The van der Waals surface area contributed by atoms with Crippen LogP contribution in [-0.2, 0) is 14.3 Å². The molecule has 0 unspecified atom stereocenters. The fourth-order valence-corrected chi connectivity index (χ4v) is 2.14. The van der Waals surface area contributed by atoms with Crippen LogP contribution in [0.3, 0.4) is 0 Å². The predicted molar refractivity (Wildman–Crippen MR) is 73.7 cm³/mol. The lowest BCUT2D eigenvalue weighted by atomic mass is 10.1. The summed E-state index contributed by atoms with van der Waals surface area (Å²) >= 11 is 0. The van der Waals surface area contributed by atoms with E-state index in [2.05, 4.69) is 5.32 Å². The number of hydrogen-bond donors (Lipinski definition) is 1. The van der Waals surface area contributed by atoms with Crippen LogP contribution in [0.4, 0.5) is 0 Å². The van der Waals surface area contributed by atoms with Gasteiger partial charge in [-0.1, -0.05) is 30.3 Å². The standard InChI is InChI=1S/C16H19NO3/c18-15(12-6-7-12)17-14(11-4-2-1-3-5-11)10-20-16(19)13-8-9-13/h1-5,12-14H,6-10H2,(H,17,18)/t14-/m0/s1. The van der Waals surface area contributed by atoms with Crippen molar-refractivity contribution >= 4 is 11.9 Å². The van der Waals surface area contributed by atoms with Crippen LogP contribution in [0.5, 0.6) is 0 Å². The van der Waals surface area contributed by atoms with Crippen molar-refractivity contribution in [1.82, 2.24) is 5.32 Å². The summed E-state index contributed by atoms with van der Waals surface area (Å²) in [5, 5.41) is 2.99. The second-order valence-electron chi connectivity index (χ2n) is 5.65. The molecule has 2 saturated carbocycles. The van der Waals surface area contributed by atoms with Crippen molar-refractivity contribution in [3.63, 3.8) is 0 Å². The highest BCUT2D eigenvalue weighted by molar-refractivity contribution is 5.81. The minimum atomic E-state index is -0.244. The quantitative estimate of drug-likeness (QED) is 0.808. The maximum atomic E-state index is 11.9. The summed E-state index contributed by atoms with van der Waals surface area (Å²) in [5.74, 6) is 0.179. The van der Waals surface area contributed by atoms with E-state index in [1.165, 1.54) is 0 Å². The van der Waals surface area contributed by atoms with E-state index in [1.807, 2.05) is 30.3 Å². The Balaban J connectivity index is 1.62. The molecule has 106 valence electrons. The molecule has 4 nitrogen and oxygen atoms in total. The summed E-state index contributed by atoms with van der Waals surface area (Å²) < 4.78 is 5.33. The highest BCUT2D eigenvalue weighted by Crippen LogP contribution is 2.31. The Labute approximate surface area is 118 Å². The number of ether oxygens (including phenoxy) is 1. The van der Waals surface area contributed by atoms with Crippen LogP contribution in [0.2, 0.25) is 0 Å². The van der Waals surface area contributed by atoms with Crippen molar-refractivity contribution < 1.29 is 14.3 Å². The average Bonchev–Trinajstić information content (AvgIpc) is 3.34. The zero-order valence-corrected chi connectivity index (χ0v) is 11.4. The first-order chi connectivity index (χ1) is 9.74. The molecule has 0 bridgehead atoms. The Morgan fingerprint density at radius 3 is 2.35 bits per heavy atom. The first-order valence-electron chi connectivity index (χ1n) is 7.26. The van der Waals surface area contributed by atoms with Crippen molar-refractivity contribution in [2.75, 3.05) is 6.61 Å². The molecule has 0 aliphatic heterocycles. The number of nitrogens with one attached hydrogen (secondary N) is 1. The second kappa shape index (κ2) is 5.65. The number of rotatable bonds is 6. The molecule has 1 amide bonds. The smallest absolute Gasteiger partial charge is 0.309 e. The molecule has 0 saturated heterocycles. The number of benzene rings is 1. The normalized spacial score (nSPS) is 19.2. The van der Waals surface area contributed by atoms with Gasteiger partial charge in [0.25, 0.3) is 0 Å². The second-order valence-corrected chi connectivity index (χ2v) is 5.65. The molecule has 1 aromatic rings. The lowest BCUT2D eigenvalue weighted by molar-refractivity contribution is -0.146. The minimum absolute atomic E-state index is 0.0707. The lowest BCUT2D eigenvalue weighted by Crippen LogP contribution is -2.33. The molecular formula is C16H19NO3. The summed E-state index contributed by atoms with van der Waals surface area (Å²) in [6, 6.07) is 9.43. The molecule has 1 N–H and O–H groups in total. The van der Waals surface area contributed by atoms with Gasteiger partial charge in [0, 0.05) is 5.92 Å². The molecule has 0 aromatic heterocycles. The topological polar surface area (TPSA) is 55.4 Å². The molecule has 3 rings (SSSR count). The van der Waals surface area contributed by atoms with Crippen molar-refractivity contribution in [2.24, 2.45) is 11.8 Å². The third-order valence-corrected chi connectivity index (χ3v) is 3.77. The SMILES string of the molecule is O=C(N[C@@H](COC(=O)C1CC1)c1ccccc1)C1CC1. The van der Waals surface area contributed by atoms with Gasteiger partial charge in [0.05, 0.1) is 12.0 Å². The van der Waals surface area contributed by atoms with E-state index in [0.717, 1.165) is 31.2 Å². The molecule has 2 fully saturated rings. The lowest BCUT2D eigenvalue weighted by Gasteiger charge is -2.19. The number of carbonyl (C=O) groups is 2. The zero-order chi connectivity index (χ0) is 13.9. The van der Waals surface area contributed by atoms with Crippen molar-refractivity contribution in [3.8, 4) is 0 Å². The first-order valence-corrected chi connectivity index (χ1v) is 7.26. The van der Waals surface area contributed by atoms with E-state index in [9.17, 15) is 9.59 Å². The minimum Gasteiger partial charge on any atom is -0.463 e. The summed E-state index contributed by atoms with van der Waals surface area (Å²) in [6.07, 6.45) is 3.80. The van der Waals surface area contributed by atoms with Crippen LogP contribution < -0.4 is 5.32 Å². The van der Waals surface area contributed by atoms with Crippen LogP contribution in [0.1, 0.15) is 37.3 Å². The van der Waals surface area contributed by atoms with Crippen LogP contribution in [0.15, 0.2) is 30.3 Å². The Morgan fingerprint density at radius 2 is 1.75 bits per heavy atom. The van der Waals surface area contributed by atoms with Crippen molar-refractivity contribution in [2.45, 2.75) is 31.7 Å². The summed E-state index contributed by atoms with van der Waals surface area (Å²) in [5.41, 5.74) is 0.977. The van der Waals surface area contributed by atoms with Crippen molar-refractivity contribution in [3.05, 3.63) is 35.9 Å². The summed E-state index contributed by atoms with van der Waals surface area (Å²) in [4.78, 5) is 23.6. The molecule has 0 radical (unpaired) electrons.